The molecule has 0 unspecified atom stereocenters. The van der Waals surface area contributed by atoms with E-state index in [4.69, 9.17) is 16.9 Å². The van der Waals surface area contributed by atoms with Crippen molar-refractivity contribution in [2.24, 2.45) is 7.05 Å². The maximum absolute atomic E-state index is 8.78. The molecule has 1 aromatic heterocycles. The number of nitriles is 1. The molecule has 0 bridgehead atoms. The molecule has 1 heterocycles. The molecule has 0 fully saturated rings. The molecule has 0 amide bonds. The van der Waals surface area contributed by atoms with Gasteiger partial charge in [0.1, 0.15) is 11.9 Å². The fourth-order valence-corrected chi connectivity index (χ4v) is 1.89. The van der Waals surface area contributed by atoms with Crippen LogP contribution in [0.5, 0.6) is 0 Å². The molecule has 0 saturated heterocycles. The maximum atomic E-state index is 8.78. The summed E-state index contributed by atoms with van der Waals surface area (Å²) in [7, 11) is 1.97. The molecule has 1 N–H and O–H groups in total. The average molecular weight is 261 g/mol. The summed E-state index contributed by atoms with van der Waals surface area (Å²) in [5, 5.41) is 12.5. The Morgan fingerprint density at radius 1 is 1.50 bits per heavy atom. The Morgan fingerprint density at radius 3 is 2.94 bits per heavy atom. The van der Waals surface area contributed by atoms with Crippen molar-refractivity contribution < 1.29 is 0 Å². The van der Waals surface area contributed by atoms with Crippen LogP contribution in [0.1, 0.15) is 11.4 Å². The van der Waals surface area contributed by atoms with Gasteiger partial charge in [-0.15, -0.1) is 0 Å². The molecule has 0 aliphatic carbocycles. The first kappa shape index (κ1) is 12.5. The average Bonchev–Trinajstić information content (AvgIpc) is 2.75. The molecule has 2 rings (SSSR count). The number of hydrogen-bond donors (Lipinski definition) is 1. The van der Waals surface area contributed by atoms with E-state index in [0.29, 0.717) is 10.6 Å². The van der Waals surface area contributed by atoms with Gasteiger partial charge in [0.25, 0.3) is 0 Å². The molecule has 5 heteroatoms. The number of benzene rings is 1. The molecular formula is C13H13ClN4. The summed E-state index contributed by atoms with van der Waals surface area (Å²) in [4.78, 5) is 4.25. The van der Waals surface area contributed by atoms with Crippen LogP contribution in [0.15, 0.2) is 30.6 Å². The highest BCUT2D eigenvalue weighted by Crippen LogP contribution is 2.20. The van der Waals surface area contributed by atoms with Gasteiger partial charge in [-0.05, 0) is 18.2 Å². The second kappa shape index (κ2) is 5.56. The van der Waals surface area contributed by atoms with Crippen molar-refractivity contribution in [2.75, 3.05) is 11.9 Å². The van der Waals surface area contributed by atoms with Crippen LogP contribution < -0.4 is 5.32 Å². The lowest BCUT2D eigenvalue weighted by atomic mass is 10.2. The maximum Gasteiger partial charge on any atom is 0.110 e. The van der Waals surface area contributed by atoms with E-state index in [2.05, 4.69) is 10.3 Å². The second-order valence-corrected chi connectivity index (χ2v) is 4.34. The Kier molecular flexibility index (Phi) is 3.85. The predicted molar refractivity (Wildman–Crippen MR) is 71.6 cm³/mol. The highest BCUT2D eigenvalue weighted by molar-refractivity contribution is 6.32. The van der Waals surface area contributed by atoms with E-state index in [1.165, 1.54) is 0 Å². The first-order valence-electron chi connectivity index (χ1n) is 5.60. The Balaban J connectivity index is 1.93. The topological polar surface area (TPSA) is 53.6 Å². The summed E-state index contributed by atoms with van der Waals surface area (Å²) >= 11 is 5.95. The van der Waals surface area contributed by atoms with Crippen LogP contribution in [0.25, 0.3) is 0 Å². The minimum absolute atomic E-state index is 0.472. The van der Waals surface area contributed by atoms with Gasteiger partial charge in [0.15, 0.2) is 0 Å². The van der Waals surface area contributed by atoms with E-state index in [1.807, 2.05) is 29.9 Å². The zero-order valence-electron chi connectivity index (χ0n) is 10.0. The van der Waals surface area contributed by atoms with Crippen molar-refractivity contribution in [1.82, 2.24) is 9.55 Å². The third kappa shape index (κ3) is 2.82. The number of aromatic nitrogens is 2. The Morgan fingerprint density at radius 2 is 2.33 bits per heavy atom. The first-order chi connectivity index (χ1) is 8.70. The molecule has 0 spiro atoms. The standard InChI is InChI=1S/C13H13ClN4/c1-18-7-6-17-13(18)4-5-16-11-3-2-10(9-15)12(14)8-11/h2-3,6-8,16H,4-5H2,1H3. The summed E-state index contributed by atoms with van der Waals surface area (Å²) in [6.45, 7) is 0.771. The molecule has 0 aliphatic heterocycles. The Labute approximate surface area is 111 Å². The van der Waals surface area contributed by atoms with Gasteiger partial charge < -0.3 is 9.88 Å². The van der Waals surface area contributed by atoms with Gasteiger partial charge in [0.2, 0.25) is 0 Å². The fraction of sp³-hybridized carbons (Fsp3) is 0.231. The van der Waals surface area contributed by atoms with Crippen molar-refractivity contribution in [3.05, 3.63) is 47.0 Å². The van der Waals surface area contributed by atoms with E-state index in [1.54, 1.807) is 18.3 Å². The van der Waals surface area contributed by atoms with Gasteiger partial charge in [-0.2, -0.15) is 5.26 Å². The largest absolute Gasteiger partial charge is 0.385 e. The van der Waals surface area contributed by atoms with E-state index in [9.17, 15) is 0 Å². The molecule has 0 radical (unpaired) electrons. The number of anilines is 1. The quantitative estimate of drug-likeness (QED) is 0.919. The van der Waals surface area contributed by atoms with Crippen LogP contribution in [0.4, 0.5) is 5.69 Å². The number of nitrogens with one attached hydrogen (secondary N) is 1. The van der Waals surface area contributed by atoms with Gasteiger partial charge >= 0.3 is 0 Å². The second-order valence-electron chi connectivity index (χ2n) is 3.94. The van der Waals surface area contributed by atoms with E-state index in [0.717, 1.165) is 24.5 Å². The zero-order valence-corrected chi connectivity index (χ0v) is 10.8. The lowest BCUT2D eigenvalue weighted by molar-refractivity contribution is 0.790. The van der Waals surface area contributed by atoms with Crippen molar-refractivity contribution in [2.45, 2.75) is 6.42 Å². The fourth-order valence-electron chi connectivity index (χ4n) is 1.67. The van der Waals surface area contributed by atoms with Crippen LogP contribution >= 0.6 is 11.6 Å². The van der Waals surface area contributed by atoms with Crippen LogP contribution in [0, 0.1) is 11.3 Å². The van der Waals surface area contributed by atoms with Crippen molar-refractivity contribution >= 4 is 17.3 Å². The van der Waals surface area contributed by atoms with Crippen LogP contribution in [0.2, 0.25) is 5.02 Å². The molecule has 0 saturated carbocycles. The number of nitrogens with zero attached hydrogens (tertiary/aromatic N) is 3. The Hall–Kier alpha value is -1.99. The van der Waals surface area contributed by atoms with Crippen molar-refractivity contribution in [3.63, 3.8) is 0 Å². The first-order valence-corrected chi connectivity index (χ1v) is 5.98. The lowest BCUT2D eigenvalue weighted by Crippen LogP contribution is -2.08. The molecule has 2 aromatic rings. The monoisotopic (exact) mass is 260 g/mol. The van der Waals surface area contributed by atoms with E-state index < -0.39 is 0 Å². The van der Waals surface area contributed by atoms with E-state index in [-0.39, 0.29) is 0 Å². The summed E-state index contributed by atoms with van der Waals surface area (Å²) in [5.41, 5.74) is 1.40. The zero-order chi connectivity index (χ0) is 13.0. The van der Waals surface area contributed by atoms with E-state index >= 15 is 0 Å². The third-order valence-electron chi connectivity index (χ3n) is 2.69. The third-order valence-corrected chi connectivity index (χ3v) is 3.00. The predicted octanol–water partition coefficient (Wildman–Crippen LogP) is 2.60. The molecule has 4 nitrogen and oxygen atoms in total. The smallest absolute Gasteiger partial charge is 0.110 e. The van der Waals surface area contributed by atoms with Gasteiger partial charge in [-0.3, -0.25) is 0 Å². The highest BCUT2D eigenvalue weighted by atomic mass is 35.5. The summed E-state index contributed by atoms with van der Waals surface area (Å²) in [6, 6.07) is 7.36. The summed E-state index contributed by atoms with van der Waals surface area (Å²) in [6.07, 6.45) is 4.54. The SMILES string of the molecule is Cn1ccnc1CCNc1ccc(C#N)c(Cl)c1. The van der Waals surface area contributed by atoms with Crippen LogP contribution in [-0.4, -0.2) is 16.1 Å². The molecule has 1 aromatic carbocycles. The summed E-state index contributed by atoms with van der Waals surface area (Å²) < 4.78 is 1.99. The molecule has 0 aliphatic rings. The summed E-state index contributed by atoms with van der Waals surface area (Å²) in [5.74, 6) is 1.03. The number of halogens is 1. The van der Waals surface area contributed by atoms with Gasteiger partial charge in [-0.25, -0.2) is 4.98 Å². The lowest BCUT2D eigenvalue weighted by Gasteiger charge is -2.07. The molecule has 18 heavy (non-hydrogen) atoms. The van der Waals surface area contributed by atoms with Crippen LogP contribution in [0.3, 0.4) is 0 Å². The van der Waals surface area contributed by atoms with Gasteiger partial charge in [0, 0.05) is 38.1 Å². The minimum Gasteiger partial charge on any atom is -0.385 e. The van der Waals surface area contributed by atoms with Gasteiger partial charge in [0.05, 0.1) is 10.6 Å². The number of imidazole rings is 1. The Bertz CT molecular complexity index is 583. The minimum atomic E-state index is 0.472. The number of aryl methyl sites for hydroxylation is 1. The van der Waals surface area contributed by atoms with Crippen molar-refractivity contribution in [3.8, 4) is 6.07 Å². The normalized spacial score (nSPS) is 10.1. The molecule has 92 valence electrons. The van der Waals surface area contributed by atoms with Crippen molar-refractivity contribution in [1.29, 1.82) is 5.26 Å². The molecule has 0 atom stereocenters. The van der Waals surface area contributed by atoms with Gasteiger partial charge in [-0.1, -0.05) is 11.6 Å². The molecular weight excluding hydrogens is 248 g/mol. The number of hydrogen-bond acceptors (Lipinski definition) is 3. The van der Waals surface area contributed by atoms with Crippen LogP contribution in [-0.2, 0) is 13.5 Å². The highest BCUT2D eigenvalue weighted by Gasteiger charge is 2.02. The number of rotatable bonds is 4.